The molecule has 19 heavy (non-hydrogen) atoms. The highest BCUT2D eigenvalue weighted by atomic mass is 32.2. The minimum absolute atomic E-state index is 0.138. The Kier molecular flexibility index (Phi) is 5.54. The standard InChI is InChI=1S/C13H20N2O2S2/c1-2-19(17)8-5-14-9-13(16)15-6-3-12-11(10-15)4-7-18-12/h4,7,14H,2-3,5-6,8-10H2,1H3. The third-order valence-corrected chi connectivity index (χ3v) is 5.59. The summed E-state index contributed by atoms with van der Waals surface area (Å²) in [5, 5.41) is 5.18. The first-order valence-electron chi connectivity index (χ1n) is 6.59. The fraction of sp³-hybridized carbons (Fsp3) is 0.615. The van der Waals surface area contributed by atoms with Crippen LogP contribution in [0.4, 0.5) is 0 Å². The SMILES string of the molecule is CCS(=O)CCNCC(=O)N1CCc2sccc2C1. The summed E-state index contributed by atoms with van der Waals surface area (Å²) in [6.45, 7) is 4.45. The lowest BCUT2D eigenvalue weighted by atomic mass is 10.1. The van der Waals surface area contributed by atoms with Crippen molar-refractivity contribution in [3.05, 3.63) is 21.9 Å². The van der Waals surface area contributed by atoms with Crippen LogP contribution in [0.25, 0.3) is 0 Å². The summed E-state index contributed by atoms with van der Waals surface area (Å²) in [4.78, 5) is 15.3. The molecule has 1 aromatic heterocycles. The number of carbonyl (C=O) groups is 1. The summed E-state index contributed by atoms with van der Waals surface area (Å²) < 4.78 is 11.2. The van der Waals surface area contributed by atoms with Crippen LogP contribution in [0, 0.1) is 0 Å². The van der Waals surface area contributed by atoms with Gasteiger partial charge in [0.15, 0.2) is 0 Å². The third-order valence-electron chi connectivity index (χ3n) is 3.27. The van der Waals surface area contributed by atoms with Gasteiger partial charge in [0, 0.05) is 46.8 Å². The second-order valence-electron chi connectivity index (χ2n) is 4.54. The van der Waals surface area contributed by atoms with Crippen molar-refractivity contribution in [1.82, 2.24) is 10.2 Å². The lowest BCUT2D eigenvalue weighted by Crippen LogP contribution is -2.41. The molecule has 2 heterocycles. The smallest absolute Gasteiger partial charge is 0.236 e. The molecule has 2 rings (SSSR count). The zero-order valence-corrected chi connectivity index (χ0v) is 12.8. The van der Waals surface area contributed by atoms with Gasteiger partial charge in [-0.3, -0.25) is 9.00 Å². The van der Waals surface area contributed by atoms with E-state index in [1.165, 1.54) is 10.4 Å². The topological polar surface area (TPSA) is 49.4 Å². The Hall–Kier alpha value is -0.720. The minimum Gasteiger partial charge on any atom is -0.337 e. The molecule has 1 N–H and O–H groups in total. The number of amides is 1. The lowest BCUT2D eigenvalue weighted by Gasteiger charge is -2.27. The van der Waals surface area contributed by atoms with Crippen LogP contribution < -0.4 is 5.32 Å². The molecule has 0 aliphatic carbocycles. The minimum atomic E-state index is -0.757. The molecule has 4 nitrogen and oxygen atoms in total. The van der Waals surface area contributed by atoms with Gasteiger partial charge >= 0.3 is 0 Å². The Morgan fingerprint density at radius 1 is 1.58 bits per heavy atom. The Morgan fingerprint density at radius 3 is 3.21 bits per heavy atom. The van der Waals surface area contributed by atoms with E-state index in [0.717, 1.165) is 19.5 Å². The van der Waals surface area contributed by atoms with Crippen molar-refractivity contribution in [3.63, 3.8) is 0 Å². The lowest BCUT2D eigenvalue weighted by molar-refractivity contribution is -0.131. The van der Waals surface area contributed by atoms with Crippen LogP contribution in [-0.4, -0.2) is 46.2 Å². The summed E-state index contributed by atoms with van der Waals surface area (Å²) in [5.41, 5.74) is 1.29. The van der Waals surface area contributed by atoms with Gasteiger partial charge in [-0.1, -0.05) is 6.92 Å². The highest BCUT2D eigenvalue weighted by molar-refractivity contribution is 7.84. The van der Waals surface area contributed by atoms with E-state index in [-0.39, 0.29) is 5.91 Å². The van der Waals surface area contributed by atoms with E-state index >= 15 is 0 Å². The zero-order valence-electron chi connectivity index (χ0n) is 11.2. The second-order valence-corrected chi connectivity index (χ2v) is 7.41. The summed E-state index contributed by atoms with van der Waals surface area (Å²) in [6, 6.07) is 2.11. The van der Waals surface area contributed by atoms with Gasteiger partial charge in [0.25, 0.3) is 0 Å². The maximum atomic E-state index is 12.0. The average Bonchev–Trinajstić information content (AvgIpc) is 2.90. The fourth-order valence-electron chi connectivity index (χ4n) is 2.10. The van der Waals surface area contributed by atoms with Gasteiger partial charge in [0.1, 0.15) is 0 Å². The first kappa shape index (κ1) is 14.7. The van der Waals surface area contributed by atoms with E-state index in [0.29, 0.717) is 24.6 Å². The number of hydrogen-bond acceptors (Lipinski definition) is 4. The normalized spacial score (nSPS) is 16.2. The predicted octanol–water partition coefficient (Wildman–Crippen LogP) is 0.991. The summed E-state index contributed by atoms with van der Waals surface area (Å²) in [6.07, 6.45) is 0.971. The number of fused-ring (bicyclic) bond motifs is 1. The Balaban J connectivity index is 1.71. The van der Waals surface area contributed by atoms with Gasteiger partial charge in [-0.2, -0.15) is 0 Å². The second kappa shape index (κ2) is 7.17. The average molecular weight is 300 g/mol. The maximum Gasteiger partial charge on any atom is 0.236 e. The van der Waals surface area contributed by atoms with E-state index < -0.39 is 10.8 Å². The molecule has 1 unspecified atom stereocenters. The largest absolute Gasteiger partial charge is 0.337 e. The van der Waals surface area contributed by atoms with Crippen molar-refractivity contribution >= 4 is 28.0 Å². The van der Waals surface area contributed by atoms with Crippen LogP contribution in [0.15, 0.2) is 11.4 Å². The molecule has 1 amide bonds. The van der Waals surface area contributed by atoms with Crippen LogP contribution >= 0.6 is 11.3 Å². The van der Waals surface area contributed by atoms with Crippen molar-refractivity contribution in [2.75, 3.05) is 31.1 Å². The number of hydrogen-bond donors (Lipinski definition) is 1. The molecule has 0 saturated heterocycles. The van der Waals surface area contributed by atoms with Crippen LogP contribution in [0.5, 0.6) is 0 Å². The van der Waals surface area contributed by atoms with Crippen molar-refractivity contribution in [1.29, 1.82) is 0 Å². The first-order valence-corrected chi connectivity index (χ1v) is 8.96. The van der Waals surface area contributed by atoms with Gasteiger partial charge in [0.2, 0.25) is 5.91 Å². The molecule has 1 aliphatic rings. The third kappa shape index (κ3) is 4.12. The van der Waals surface area contributed by atoms with Crippen LogP contribution in [0.1, 0.15) is 17.4 Å². The molecular weight excluding hydrogens is 280 g/mol. The van der Waals surface area contributed by atoms with E-state index in [9.17, 15) is 9.00 Å². The molecule has 1 aliphatic heterocycles. The molecule has 0 bridgehead atoms. The molecule has 0 spiro atoms. The Labute approximate surface area is 120 Å². The molecule has 0 radical (unpaired) electrons. The monoisotopic (exact) mass is 300 g/mol. The molecule has 0 fully saturated rings. The molecule has 1 aromatic rings. The Bertz CT molecular complexity index is 459. The first-order chi connectivity index (χ1) is 9.20. The molecule has 0 aromatic carbocycles. The van der Waals surface area contributed by atoms with Crippen LogP contribution in [-0.2, 0) is 28.6 Å². The van der Waals surface area contributed by atoms with E-state index in [1.54, 1.807) is 11.3 Å². The number of nitrogens with one attached hydrogen (secondary N) is 1. The van der Waals surface area contributed by atoms with E-state index in [4.69, 9.17) is 0 Å². The van der Waals surface area contributed by atoms with Gasteiger partial charge in [-0.15, -0.1) is 11.3 Å². The van der Waals surface area contributed by atoms with Crippen molar-refractivity contribution in [2.24, 2.45) is 0 Å². The van der Waals surface area contributed by atoms with Gasteiger partial charge in [0.05, 0.1) is 6.54 Å². The van der Waals surface area contributed by atoms with Crippen LogP contribution in [0.2, 0.25) is 0 Å². The van der Waals surface area contributed by atoms with Gasteiger partial charge < -0.3 is 10.2 Å². The molecule has 6 heteroatoms. The summed E-state index contributed by atoms with van der Waals surface area (Å²) >= 11 is 1.78. The van der Waals surface area contributed by atoms with Crippen molar-refractivity contribution < 1.29 is 9.00 Å². The molecule has 106 valence electrons. The van der Waals surface area contributed by atoms with Gasteiger partial charge in [-0.25, -0.2) is 0 Å². The van der Waals surface area contributed by atoms with Crippen molar-refractivity contribution in [3.8, 4) is 0 Å². The van der Waals surface area contributed by atoms with E-state index in [1.807, 2.05) is 11.8 Å². The number of nitrogens with zero attached hydrogens (tertiary/aromatic N) is 1. The molecular formula is C13H20N2O2S2. The predicted molar refractivity (Wildman–Crippen MR) is 79.9 cm³/mol. The summed E-state index contributed by atoms with van der Waals surface area (Å²) in [5.74, 6) is 1.44. The van der Waals surface area contributed by atoms with Crippen LogP contribution in [0.3, 0.4) is 0 Å². The zero-order chi connectivity index (χ0) is 13.7. The summed E-state index contributed by atoms with van der Waals surface area (Å²) in [7, 11) is -0.757. The number of thiophene rings is 1. The van der Waals surface area contributed by atoms with Crippen molar-refractivity contribution in [2.45, 2.75) is 19.9 Å². The molecule has 1 atom stereocenters. The van der Waals surface area contributed by atoms with Gasteiger partial charge in [-0.05, 0) is 23.4 Å². The highest BCUT2D eigenvalue weighted by Crippen LogP contribution is 2.23. The fourth-order valence-corrected chi connectivity index (χ4v) is 3.65. The maximum absolute atomic E-state index is 12.0. The number of rotatable bonds is 6. The molecule has 0 saturated carbocycles. The quantitative estimate of drug-likeness (QED) is 0.797. The number of carbonyl (C=O) groups excluding carboxylic acids is 1. The highest BCUT2D eigenvalue weighted by Gasteiger charge is 2.20. The van der Waals surface area contributed by atoms with E-state index in [2.05, 4.69) is 16.8 Å². The Morgan fingerprint density at radius 2 is 2.42 bits per heavy atom.